The van der Waals surface area contributed by atoms with Crippen LogP contribution in [0.15, 0.2) is 41.6 Å². The Hall–Kier alpha value is -2.17. The Morgan fingerprint density at radius 1 is 1.65 bits per heavy atom. The fraction of sp³-hybridized carbons (Fsp3) is 0.250. The van der Waals surface area contributed by atoms with Gasteiger partial charge in [0.15, 0.2) is 0 Å². The maximum atomic E-state index is 12.1. The van der Waals surface area contributed by atoms with Gasteiger partial charge in [0.1, 0.15) is 5.69 Å². The van der Waals surface area contributed by atoms with Crippen molar-refractivity contribution in [3.8, 4) is 0 Å². The van der Waals surface area contributed by atoms with E-state index in [1.165, 1.54) is 17.3 Å². The number of hydrogen-bond acceptors (Lipinski definition) is 3. The van der Waals surface area contributed by atoms with Gasteiger partial charge in [0, 0.05) is 20.3 Å². The van der Waals surface area contributed by atoms with Crippen LogP contribution in [-0.2, 0) is 7.05 Å². The van der Waals surface area contributed by atoms with Gasteiger partial charge in [-0.1, -0.05) is 6.08 Å². The molecule has 0 aliphatic heterocycles. The second-order valence-corrected chi connectivity index (χ2v) is 3.49. The third-order valence-electron chi connectivity index (χ3n) is 2.29. The first-order valence-electron chi connectivity index (χ1n) is 5.15. The van der Waals surface area contributed by atoms with E-state index in [1.54, 1.807) is 31.1 Å². The fourth-order valence-corrected chi connectivity index (χ4v) is 1.36. The van der Waals surface area contributed by atoms with Crippen molar-refractivity contribution in [3.63, 3.8) is 0 Å². The van der Waals surface area contributed by atoms with E-state index in [4.69, 9.17) is 0 Å². The predicted molar refractivity (Wildman–Crippen MR) is 67.7 cm³/mol. The second-order valence-electron chi connectivity index (χ2n) is 3.49. The monoisotopic (exact) mass is 232 g/mol. The minimum absolute atomic E-state index is 0.141. The zero-order valence-electron chi connectivity index (χ0n) is 10.3. The summed E-state index contributed by atoms with van der Waals surface area (Å²) in [6, 6.07) is 0. The summed E-state index contributed by atoms with van der Waals surface area (Å²) < 4.78 is 1.67. The summed E-state index contributed by atoms with van der Waals surface area (Å²) in [5, 5.41) is 0. The van der Waals surface area contributed by atoms with Gasteiger partial charge in [-0.15, -0.1) is 0 Å². The highest BCUT2D eigenvalue weighted by atomic mass is 16.2. The molecule has 1 aromatic heterocycles. The van der Waals surface area contributed by atoms with Crippen LogP contribution in [0.1, 0.15) is 17.4 Å². The van der Waals surface area contributed by atoms with E-state index in [1.807, 2.05) is 13.0 Å². The first-order chi connectivity index (χ1) is 8.11. The molecule has 0 saturated carbocycles. The van der Waals surface area contributed by atoms with Crippen LogP contribution in [-0.4, -0.2) is 34.1 Å². The average Bonchev–Trinajstić information content (AvgIpc) is 2.73. The number of amides is 1. The molecule has 0 unspecified atom stereocenters. The molecular weight excluding hydrogens is 216 g/mol. The molecule has 90 valence electrons. The summed E-state index contributed by atoms with van der Waals surface area (Å²) in [4.78, 5) is 21.3. The molecule has 1 amide bonds. The molecule has 0 aromatic carbocycles. The van der Waals surface area contributed by atoms with Gasteiger partial charge in [0.05, 0.1) is 18.2 Å². The molecule has 0 N–H and O–H groups in total. The summed E-state index contributed by atoms with van der Waals surface area (Å²) in [5.74, 6) is -0.141. The van der Waals surface area contributed by atoms with E-state index in [0.717, 1.165) is 0 Å². The number of carbonyl (C=O) groups is 1. The van der Waals surface area contributed by atoms with Crippen molar-refractivity contribution in [1.82, 2.24) is 14.5 Å². The Labute approximate surface area is 101 Å². The van der Waals surface area contributed by atoms with Crippen molar-refractivity contribution in [2.24, 2.45) is 12.0 Å². The number of nitrogens with zero attached hydrogens (tertiary/aromatic N) is 4. The number of carbonyl (C=O) groups excluding carboxylic acids is 1. The van der Waals surface area contributed by atoms with Crippen LogP contribution in [0.5, 0.6) is 0 Å². The van der Waals surface area contributed by atoms with Crippen molar-refractivity contribution in [2.45, 2.75) is 6.92 Å². The lowest BCUT2D eigenvalue weighted by Crippen LogP contribution is -2.27. The first-order valence-corrected chi connectivity index (χ1v) is 5.15. The largest absolute Gasteiger partial charge is 0.330 e. The standard InChI is InChI=1S/C12H16N4O/c1-5-6-10(7-13-2)16(4)12(17)11-8-14-9-15(11)3/h5-9H,2H2,1,3-4H3/b6-5-,10-7+. The lowest BCUT2D eigenvalue weighted by atomic mass is 10.3. The highest BCUT2D eigenvalue weighted by molar-refractivity contribution is 5.93. The van der Waals surface area contributed by atoms with Gasteiger partial charge in [0.25, 0.3) is 5.91 Å². The summed E-state index contributed by atoms with van der Waals surface area (Å²) in [7, 11) is 3.46. The van der Waals surface area contributed by atoms with E-state index in [-0.39, 0.29) is 5.91 Å². The molecule has 5 heteroatoms. The second kappa shape index (κ2) is 5.79. The number of likely N-dealkylation sites (N-methyl/N-ethyl adjacent to an activating group) is 1. The van der Waals surface area contributed by atoms with Crippen LogP contribution in [0.3, 0.4) is 0 Å². The molecule has 1 aromatic rings. The van der Waals surface area contributed by atoms with Crippen LogP contribution in [0.25, 0.3) is 0 Å². The smallest absolute Gasteiger partial charge is 0.276 e. The predicted octanol–water partition coefficient (Wildman–Crippen LogP) is 1.61. The Bertz CT molecular complexity index is 471. The first kappa shape index (κ1) is 12.9. The molecule has 0 atom stereocenters. The summed E-state index contributed by atoms with van der Waals surface area (Å²) in [6.07, 6.45) is 8.29. The van der Waals surface area contributed by atoms with Gasteiger partial charge in [-0.3, -0.25) is 9.79 Å². The van der Waals surface area contributed by atoms with Crippen LogP contribution in [0, 0.1) is 0 Å². The van der Waals surface area contributed by atoms with E-state index >= 15 is 0 Å². The Balaban J connectivity index is 3.00. The Kier molecular flexibility index (Phi) is 4.39. The molecule has 1 heterocycles. The lowest BCUT2D eigenvalue weighted by Gasteiger charge is -2.17. The summed E-state index contributed by atoms with van der Waals surface area (Å²) >= 11 is 0. The number of imidazole rings is 1. The van der Waals surface area contributed by atoms with Crippen molar-refractivity contribution in [2.75, 3.05) is 7.05 Å². The van der Waals surface area contributed by atoms with Crippen LogP contribution in [0.2, 0.25) is 0 Å². The SMILES string of the molecule is C=N/C=C(\C=C/C)N(C)C(=O)c1cncn1C. The molecule has 0 saturated heterocycles. The van der Waals surface area contributed by atoms with Crippen LogP contribution in [0.4, 0.5) is 0 Å². The number of aromatic nitrogens is 2. The third kappa shape index (κ3) is 2.90. The van der Waals surface area contributed by atoms with Gasteiger partial charge >= 0.3 is 0 Å². The number of hydrogen-bond donors (Lipinski definition) is 0. The van der Waals surface area contributed by atoms with Crippen LogP contribution >= 0.6 is 0 Å². The highest BCUT2D eigenvalue weighted by Gasteiger charge is 2.16. The quantitative estimate of drug-likeness (QED) is 0.585. The molecule has 1 rings (SSSR count). The number of rotatable bonds is 4. The fourth-order valence-electron chi connectivity index (χ4n) is 1.36. The van der Waals surface area contributed by atoms with Crippen LogP contribution < -0.4 is 0 Å². The molecule has 5 nitrogen and oxygen atoms in total. The van der Waals surface area contributed by atoms with Gasteiger partial charge in [0.2, 0.25) is 0 Å². The zero-order valence-corrected chi connectivity index (χ0v) is 10.3. The van der Waals surface area contributed by atoms with Crippen molar-refractivity contribution in [1.29, 1.82) is 0 Å². The molecular formula is C12H16N4O. The minimum Gasteiger partial charge on any atom is -0.330 e. The number of aliphatic imine (C=N–C) groups is 1. The molecule has 0 spiro atoms. The highest BCUT2D eigenvalue weighted by Crippen LogP contribution is 2.09. The minimum atomic E-state index is -0.141. The summed E-state index contributed by atoms with van der Waals surface area (Å²) in [5.41, 5.74) is 1.20. The maximum absolute atomic E-state index is 12.1. The van der Waals surface area contributed by atoms with E-state index in [0.29, 0.717) is 11.4 Å². The normalized spacial score (nSPS) is 11.8. The molecule has 0 fully saturated rings. The van der Waals surface area contributed by atoms with Crippen molar-refractivity contribution >= 4 is 12.6 Å². The van der Waals surface area contributed by atoms with E-state index in [2.05, 4.69) is 16.7 Å². The Morgan fingerprint density at radius 3 is 2.82 bits per heavy atom. The van der Waals surface area contributed by atoms with Gasteiger partial charge in [-0.2, -0.15) is 0 Å². The van der Waals surface area contributed by atoms with E-state index < -0.39 is 0 Å². The lowest BCUT2D eigenvalue weighted by molar-refractivity contribution is 0.0831. The van der Waals surface area contributed by atoms with Crippen molar-refractivity contribution in [3.05, 3.63) is 42.3 Å². The molecule has 17 heavy (non-hydrogen) atoms. The topological polar surface area (TPSA) is 50.5 Å². The van der Waals surface area contributed by atoms with Gasteiger partial charge < -0.3 is 9.47 Å². The van der Waals surface area contributed by atoms with Crippen molar-refractivity contribution < 1.29 is 4.79 Å². The third-order valence-corrected chi connectivity index (χ3v) is 2.29. The molecule has 0 aliphatic carbocycles. The maximum Gasteiger partial charge on any atom is 0.276 e. The molecule has 0 aliphatic rings. The Morgan fingerprint density at radius 2 is 2.35 bits per heavy atom. The van der Waals surface area contributed by atoms with Gasteiger partial charge in [-0.05, 0) is 19.7 Å². The molecule has 0 radical (unpaired) electrons. The van der Waals surface area contributed by atoms with Gasteiger partial charge in [-0.25, -0.2) is 4.98 Å². The number of allylic oxidation sites excluding steroid dienone is 2. The van der Waals surface area contributed by atoms with E-state index in [9.17, 15) is 4.79 Å². The average molecular weight is 232 g/mol. The number of aryl methyl sites for hydroxylation is 1. The summed E-state index contributed by atoms with van der Waals surface area (Å²) in [6.45, 7) is 5.26. The zero-order chi connectivity index (χ0) is 12.8. The molecule has 0 bridgehead atoms.